The van der Waals surface area contributed by atoms with E-state index in [-0.39, 0.29) is 0 Å². The quantitative estimate of drug-likeness (QED) is 0.746. The number of halogens is 1. The first-order chi connectivity index (χ1) is 4.83. The molecular formula is C7H8INO. The molecule has 1 rings (SSSR count). The molecule has 0 saturated carbocycles. The predicted molar refractivity (Wildman–Crippen MR) is 47.7 cm³/mol. The van der Waals surface area contributed by atoms with Crippen molar-refractivity contribution in [2.45, 2.75) is 6.61 Å². The zero-order chi connectivity index (χ0) is 7.40. The van der Waals surface area contributed by atoms with Crippen LogP contribution in [0.3, 0.4) is 0 Å². The first kappa shape index (κ1) is 7.94. The van der Waals surface area contributed by atoms with Crippen LogP contribution in [-0.4, -0.2) is 12.1 Å². The van der Waals surface area contributed by atoms with Crippen LogP contribution < -0.4 is 0 Å². The lowest BCUT2D eigenvalue weighted by atomic mass is 10.3. The first-order valence-corrected chi connectivity index (χ1v) is 3.99. The number of hydrogen-bond acceptors (Lipinski definition) is 2. The minimum Gasteiger partial charge on any atom is -0.380 e. The molecule has 1 aromatic rings. The molecule has 0 aliphatic heterocycles. The van der Waals surface area contributed by atoms with Gasteiger partial charge in [-0.3, -0.25) is 4.98 Å². The van der Waals surface area contributed by atoms with Gasteiger partial charge < -0.3 is 4.74 Å². The van der Waals surface area contributed by atoms with E-state index < -0.39 is 0 Å². The first-order valence-electron chi connectivity index (χ1n) is 2.91. The van der Waals surface area contributed by atoms with Crippen molar-refractivity contribution in [2.24, 2.45) is 0 Å². The molecule has 0 aliphatic carbocycles. The van der Waals surface area contributed by atoms with Crippen molar-refractivity contribution in [3.8, 4) is 0 Å². The van der Waals surface area contributed by atoms with Gasteiger partial charge >= 0.3 is 0 Å². The Morgan fingerprint density at radius 1 is 1.60 bits per heavy atom. The summed E-state index contributed by atoms with van der Waals surface area (Å²) in [7, 11) is 1.68. The van der Waals surface area contributed by atoms with E-state index in [2.05, 4.69) is 33.6 Å². The Morgan fingerprint density at radius 2 is 2.40 bits per heavy atom. The molecule has 2 nitrogen and oxygen atoms in total. The highest BCUT2D eigenvalue weighted by Gasteiger charge is 1.91. The Bertz CT molecular complexity index is 215. The average Bonchev–Trinajstić information content (AvgIpc) is 1.88. The lowest BCUT2D eigenvalue weighted by Gasteiger charge is -1.97. The number of hydrogen-bond donors (Lipinski definition) is 0. The van der Waals surface area contributed by atoms with Crippen molar-refractivity contribution >= 4 is 22.6 Å². The van der Waals surface area contributed by atoms with Crippen LogP contribution in [0.5, 0.6) is 0 Å². The maximum absolute atomic E-state index is 4.94. The Hall–Kier alpha value is -0.160. The average molecular weight is 249 g/mol. The number of rotatable bonds is 2. The van der Waals surface area contributed by atoms with Gasteiger partial charge in [-0.1, -0.05) is 0 Å². The number of methoxy groups -OCH3 is 1. The van der Waals surface area contributed by atoms with Crippen molar-refractivity contribution in [3.63, 3.8) is 0 Å². The SMILES string of the molecule is COCc1cncc(I)c1. The third kappa shape index (κ3) is 2.22. The Kier molecular flexibility index (Phi) is 3.08. The molecule has 0 radical (unpaired) electrons. The van der Waals surface area contributed by atoms with E-state index in [1.165, 1.54) is 0 Å². The van der Waals surface area contributed by atoms with Crippen molar-refractivity contribution in [1.82, 2.24) is 4.98 Å². The van der Waals surface area contributed by atoms with Crippen LogP contribution in [0.15, 0.2) is 18.5 Å². The molecule has 3 heteroatoms. The Labute approximate surface area is 73.8 Å². The summed E-state index contributed by atoms with van der Waals surface area (Å²) < 4.78 is 6.09. The Morgan fingerprint density at radius 3 is 3.00 bits per heavy atom. The third-order valence-corrected chi connectivity index (χ3v) is 1.66. The monoisotopic (exact) mass is 249 g/mol. The van der Waals surface area contributed by atoms with Gasteiger partial charge in [-0.05, 0) is 34.2 Å². The van der Waals surface area contributed by atoms with Crippen molar-refractivity contribution < 1.29 is 4.74 Å². The molecule has 1 heterocycles. The molecule has 0 unspecified atom stereocenters. The number of aromatic nitrogens is 1. The molecular weight excluding hydrogens is 241 g/mol. The summed E-state index contributed by atoms with van der Waals surface area (Å²) >= 11 is 2.23. The van der Waals surface area contributed by atoms with E-state index in [1.54, 1.807) is 7.11 Å². The van der Waals surface area contributed by atoms with Crippen LogP contribution in [0, 0.1) is 3.57 Å². The van der Waals surface area contributed by atoms with Crippen LogP contribution in [0.1, 0.15) is 5.56 Å². The second-order valence-corrected chi connectivity index (χ2v) is 3.19. The molecule has 0 N–H and O–H groups in total. The van der Waals surface area contributed by atoms with Crippen molar-refractivity contribution in [3.05, 3.63) is 27.6 Å². The summed E-state index contributed by atoms with van der Waals surface area (Å²) in [5.74, 6) is 0. The molecule has 10 heavy (non-hydrogen) atoms. The second kappa shape index (κ2) is 3.88. The van der Waals surface area contributed by atoms with E-state index in [0.29, 0.717) is 6.61 Å². The van der Waals surface area contributed by atoms with E-state index in [1.807, 2.05) is 12.4 Å². The van der Waals surface area contributed by atoms with Gasteiger partial charge in [0.1, 0.15) is 0 Å². The fraction of sp³-hybridized carbons (Fsp3) is 0.286. The minimum atomic E-state index is 0.643. The minimum absolute atomic E-state index is 0.643. The van der Waals surface area contributed by atoms with Gasteiger partial charge in [-0.15, -0.1) is 0 Å². The molecule has 0 atom stereocenters. The summed E-state index contributed by atoms with van der Waals surface area (Å²) in [6.07, 6.45) is 3.63. The third-order valence-electron chi connectivity index (χ3n) is 1.07. The molecule has 0 amide bonds. The smallest absolute Gasteiger partial charge is 0.0728 e. The molecule has 0 fully saturated rings. The zero-order valence-corrected chi connectivity index (χ0v) is 7.83. The zero-order valence-electron chi connectivity index (χ0n) is 5.67. The predicted octanol–water partition coefficient (Wildman–Crippen LogP) is 1.83. The van der Waals surface area contributed by atoms with E-state index in [9.17, 15) is 0 Å². The van der Waals surface area contributed by atoms with Crippen LogP contribution in [0.4, 0.5) is 0 Å². The van der Waals surface area contributed by atoms with Gasteiger partial charge in [-0.2, -0.15) is 0 Å². The van der Waals surface area contributed by atoms with Gasteiger partial charge in [0.25, 0.3) is 0 Å². The van der Waals surface area contributed by atoms with Gasteiger partial charge in [0.15, 0.2) is 0 Å². The summed E-state index contributed by atoms with van der Waals surface area (Å²) in [6, 6.07) is 2.05. The summed E-state index contributed by atoms with van der Waals surface area (Å²) in [5.41, 5.74) is 1.12. The highest BCUT2D eigenvalue weighted by Crippen LogP contribution is 2.05. The molecule has 0 spiro atoms. The van der Waals surface area contributed by atoms with Crippen molar-refractivity contribution in [2.75, 3.05) is 7.11 Å². The van der Waals surface area contributed by atoms with E-state index in [0.717, 1.165) is 9.13 Å². The number of pyridine rings is 1. The van der Waals surface area contributed by atoms with Gasteiger partial charge in [0.05, 0.1) is 6.61 Å². The van der Waals surface area contributed by atoms with Crippen LogP contribution in [0.25, 0.3) is 0 Å². The Balaban J connectivity index is 2.75. The molecule has 0 saturated heterocycles. The standard InChI is InChI=1S/C7H8INO/c1-10-5-6-2-7(8)4-9-3-6/h2-4H,5H2,1H3. The summed E-state index contributed by atoms with van der Waals surface area (Å²) in [4.78, 5) is 4.02. The summed E-state index contributed by atoms with van der Waals surface area (Å²) in [5, 5.41) is 0. The normalized spacial score (nSPS) is 9.80. The molecule has 1 aromatic heterocycles. The number of nitrogens with zero attached hydrogens (tertiary/aromatic N) is 1. The molecule has 0 aromatic carbocycles. The van der Waals surface area contributed by atoms with Gasteiger partial charge in [0, 0.05) is 23.1 Å². The van der Waals surface area contributed by atoms with Crippen LogP contribution in [-0.2, 0) is 11.3 Å². The molecule has 0 aliphatic rings. The van der Waals surface area contributed by atoms with E-state index in [4.69, 9.17) is 4.74 Å². The lowest BCUT2D eigenvalue weighted by Crippen LogP contribution is -1.88. The maximum atomic E-state index is 4.94. The van der Waals surface area contributed by atoms with Crippen LogP contribution >= 0.6 is 22.6 Å². The highest BCUT2D eigenvalue weighted by atomic mass is 127. The fourth-order valence-electron chi connectivity index (χ4n) is 0.701. The molecule has 0 bridgehead atoms. The largest absolute Gasteiger partial charge is 0.380 e. The van der Waals surface area contributed by atoms with Gasteiger partial charge in [0.2, 0.25) is 0 Å². The maximum Gasteiger partial charge on any atom is 0.0728 e. The van der Waals surface area contributed by atoms with Gasteiger partial charge in [-0.25, -0.2) is 0 Å². The van der Waals surface area contributed by atoms with Crippen LogP contribution in [0.2, 0.25) is 0 Å². The molecule has 54 valence electrons. The van der Waals surface area contributed by atoms with E-state index >= 15 is 0 Å². The summed E-state index contributed by atoms with van der Waals surface area (Å²) in [6.45, 7) is 0.643. The van der Waals surface area contributed by atoms with Crippen molar-refractivity contribution in [1.29, 1.82) is 0 Å². The number of ether oxygens (including phenoxy) is 1. The highest BCUT2D eigenvalue weighted by molar-refractivity contribution is 14.1. The second-order valence-electron chi connectivity index (χ2n) is 1.94. The lowest BCUT2D eigenvalue weighted by molar-refractivity contribution is 0.184. The topological polar surface area (TPSA) is 22.1 Å². The fourth-order valence-corrected chi connectivity index (χ4v) is 1.26.